The first-order chi connectivity index (χ1) is 11.6. The lowest BCUT2D eigenvalue weighted by Crippen LogP contribution is -2.21. The van der Waals surface area contributed by atoms with Gasteiger partial charge in [0.05, 0.1) is 17.3 Å². The summed E-state index contributed by atoms with van der Waals surface area (Å²) in [6, 6.07) is 7.84. The molecule has 24 heavy (non-hydrogen) atoms. The molecule has 1 unspecified atom stereocenters. The standard InChI is InChI=1S/C19H25FN2O2/c1-4-7-9-14(5-2)19(23)24-18-13-16(6-3)21-22(18)17-11-8-10-15(20)12-17/h8,10-14H,4-7,9H2,1-3H3. The molecule has 2 aromatic rings. The smallest absolute Gasteiger partial charge is 0.315 e. The van der Waals surface area contributed by atoms with Gasteiger partial charge in [-0.25, -0.2) is 9.07 Å². The quantitative estimate of drug-likeness (QED) is 0.658. The van der Waals surface area contributed by atoms with Crippen molar-refractivity contribution in [3.05, 3.63) is 41.8 Å². The molecule has 0 spiro atoms. The van der Waals surface area contributed by atoms with Crippen LogP contribution < -0.4 is 4.74 Å². The Balaban J connectivity index is 2.26. The van der Waals surface area contributed by atoms with Crippen LogP contribution in [-0.2, 0) is 11.2 Å². The van der Waals surface area contributed by atoms with E-state index in [1.807, 2.05) is 13.8 Å². The number of aromatic nitrogens is 2. The summed E-state index contributed by atoms with van der Waals surface area (Å²) in [6.07, 6.45) is 4.32. The fraction of sp³-hybridized carbons (Fsp3) is 0.474. The number of benzene rings is 1. The predicted molar refractivity (Wildman–Crippen MR) is 91.8 cm³/mol. The molecular formula is C19H25FN2O2. The molecular weight excluding hydrogens is 307 g/mol. The predicted octanol–water partition coefficient (Wildman–Crippen LogP) is 4.70. The van der Waals surface area contributed by atoms with Crippen molar-refractivity contribution in [2.24, 2.45) is 5.92 Å². The highest BCUT2D eigenvalue weighted by Gasteiger charge is 2.21. The molecule has 0 aliphatic heterocycles. The van der Waals surface area contributed by atoms with E-state index in [4.69, 9.17) is 4.74 Å². The van der Waals surface area contributed by atoms with Crippen molar-refractivity contribution in [3.8, 4) is 11.6 Å². The summed E-state index contributed by atoms with van der Waals surface area (Å²) in [4.78, 5) is 12.5. The number of aryl methyl sites for hydroxylation is 1. The van der Waals surface area contributed by atoms with Gasteiger partial charge in [-0.2, -0.15) is 5.10 Å². The van der Waals surface area contributed by atoms with Crippen LogP contribution in [0.25, 0.3) is 5.69 Å². The number of hydrogen-bond acceptors (Lipinski definition) is 3. The Morgan fingerprint density at radius 1 is 1.29 bits per heavy atom. The molecule has 1 aromatic carbocycles. The summed E-state index contributed by atoms with van der Waals surface area (Å²) in [5, 5.41) is 4.41. The van der Waals surface area contributed by atoms with Crippen molar-refractivity contribution >= 4 is 5.97 Å². The molecule has 2 rings (SSSR count). The number of ether oxygens (including phenoxy) is 1. The Morgan fingerprint density at radius 3 is 2.71 bits per heavy atom. The monoisotopic (exact) mass is 332 g/mol. The molecule has 0 radical (unpaired) electrons. The van der Waals surface area contributed by atoms with Crippen LogP contribution in [0.1, 0.15) is 52.1 Å². The zero-order valence-corrected chi connectivity index (χ0v) is 14.6. The molecule has 0 aliphatic carbocycles. The highest BCUT2D eigenvalue weighted by atomic mass is 19.1. The lowest BCUT2D eigenvalue weighted by molar-refractivity contribution is -0.139. The van der Waals surface area contributed by atoms with Crippen LogP contribution in [0.5, 0.6) is 5.88 Å². The van der Waals surface area contributed by atoms with Crippen LogP contribution in [0.2, 0.25) is 0 Å². The third-order valence-electron chi connectivity index (χ3n) is 4.08. The molecule has 4 nitrogen and oxygen atoms in total. The molecule has 5 heteroatoms. The average Bonchev–Trinajstić information content (AvgIpc) is 2.98. The first kappa shape index (κ1) is 18.2. The van der Waals surface area contributed by atoms with Crippen LogP contribution in [-0.4, -0.2) is 15.7 Å². The van der Waals surface area contributed by atoms with Gasteiger partial charge >= 0.3 is 5.97 Å². The molecule has 0 bridgehead atoms. The minimum absolute atomic E-state index is 0.120. The second kappa shape index (κ2) is 8.62. The molecule has 130 valence electrons. The molecule has 0 N–H and O–H groups in total. The number of nitrogens with zero attached hydrogens (tertiary/aromatic N) is 2. The van der Waals surface area contributed by atoms with Crippen molar-refractivity contribution in [2.75, 3.05) is 0 Å². The lowest BCUT2D eigenvalue weighted by Gasteiger charge is -2.14. The van der Waals surface area contributed by atoms with Crippen molar-refractivity contribution in [1.82, 2.24) is 9.78 Å². The summed E-state index contributed by atoms with van der Waals surface area (Å²) >= 11 is 0. The van der Waals surface area contributed by atoms with Crippen molar-refractivity contribution in [1.29, 1.82) is 0 Å². The average molecular weight is 332 g/mol. The maximum atomic E-state index is 13.5. The molecule has 0 fully saturated rings. The Morgan fingerprint density at radius 2 is 2.08 bits per heavy atom. The van der Waals surface area contributed by atoms with Crippen LogP contribution in [0, 0.1) is 11.7 Å². The van der Waals surface area contributed by atoms with E-state index in [1.54, 1.807) is 18.2 Å². The van der Waals surface area contributed by atoms with Gasteiger partial charge in [0.2, 0.25) is 5.88 Å². The maximum absolute atomic E-state index is 13.5. The summed E-state index contributed by atoms with van der Waals surface area (Å²) in [5.74, 6) is -0.373. The summed E-state index contributed by atoms with van der Waals surface area (Å²) < 4.78 is 20.6. The van der Waals surface area contributed by atoms with Crippen molar-refractivity contribution in [2.45, 2.75) is 52.9 Å². The SMILES string of the molecule is CCCCC(CC)C(=O)Oc1cc(CC)nn1-c1cccc(F)c1. The van der Waals surface area contributed by atoms with Gasteiger partial charge in [-0.05, 0) is 37.5 Å². The van der Waals surface area contributed by atoms with Gasteiger partial charge in [-0.1, -0.05) is 39.7 Å². The van der Waals surface area contributed by atoms with Gasteiger partial charge in [-0.15, -0.1) is 0 Å². The van der Waals surface area contributed by atoms with Crippen molar-refractivity contribution < 1.29 is 13.9 Å². The fourth-order valence-corrected chi connectivity index (χ4v) is 2.57. The number of hydrogen-bond donors (Lipinski definition) is 0. The van der Waals surface area contributed by atoms with Gasteiger partial charge in [-0.3, -0.25) is 4.79 Å². The van der Waals surface area contributed by atoms with Crippen LogP contribution in [0.3, 0.4) is 0 Å². The zero-order chi connectivity index (χ0) is 17.5. The fourth-order valence-electron chi connectivity index (χ4n) is 2.57. The number of rotatable bonds is 8. The van der Waals surface area contributed by atoms with Crippen LogP contribution in [0.4, 0.5) is 4.39 Å². The normalized spacial score (nSPS) is 12.2. The van der Waals surface area contributed by atoms with Crippen LogP contribution >= 0.6 is 0 Å². The van der Waals surface area contributed by atoms with E-state index in [2.05, 4.69) is 12.0 Å². The second-order valence-corrected chi connectivity index (χ2v) is 5.89. The molecule has 1 heterocycles. The molecule has 0 saturated heterocycles. The molecule has 1 aromatic heterocycles. The van der Waals surface area contributed by atoms with E-state index in [-0.39, 0.29) is 17.7 Å². The van der Waals surface area contributed by atoms with Gasteiger partial charge in [0.25, 0.3) is 0 Å². The number of unbranched alkanes of at least 4 members (excludes halogenated alkanes) is 1. The van der Waals surface area contributed by atoms with E-state index in [1.165, 1.54) is 16.8 Å². The van der Waals surface area contributed by atoms with Gasteiger partial charge < -0.3 is 4.74 Å². The van der Waals surface area contributed by atoms with Gasteiger partial charge in [0, 0.05) is 6.07 Å². The largest absolute Gasteiger partial charge is 0.407 e. The molecule has 0 saturated carbocycles. The number of carbonyl (C=O) groups excluding carboxylic acids is 1. The van der Waals surface area contributed by atoms with Gasteiger partial charge in [0.1, 0.15) is 5.82 Å². The Bertz CT molecular complexity index is 682. The summed E-state index contributed by atoms with van der Waals surface area (Å²) in [7, 11) is 0. The molecule has 0 aliphatic rings. The van der Waals surface area contributed by atoms with Crippen molar-refractivity contribution in [3.63, 3.8) is 0 Å². The molecule has 1 atom stereocenters. The third kappa shape index (κ3) is 4.43. The maximum Gasteiger partial charge on any atom is 0.315 e. The highest BCUT2D eigenvalue weighted by Crippen LogP contribution is 2.23. The Labute approximate surface area is 142 Å². The number of esters is 1. The Kier molecular flexibility index (Phi) is 6.53. The van der Waals surface area contributed by atoms with E-state index in [9.17, 15) is 9.18 Å². The topological polar surface area (TPSA) is 44.1 Å². The van der Waals surface area contributed by atoms with E-state index < -0.39 is 0 Å². The first-order valence-corrected chi connectivity index (χ1v) is 8.65. The van der Waals surface area contributed by atoms with Crippen LogP contribution in [0.15, 0.2) is 30.3 Å². The summed E-state index contributed by atoms with van der Waals surface area (Å²) in [5.41, 5.74) is 1.34. The van der Waals surface area contributed by atoms with E-state index in [0.717, 1.165) is 31.4 Å². The van der Waals surface area contributed by atoms with E-state index in [0.29, 0.717) is 18.0 Å². The zero-order valence-electron chi connectivity index (χ0n) is 14.6. The lowest BCUT2D eigenvalue weighted by atomic mass is 10.00. The van der Waals surface area contributed by atoms with E-state index >= 15 is 0 Å². The summed E-state index contributed by atoms with van der Waals surface area (Å²) in [6.45, 7) is 6.06. The number of carbonyl (C=O) groups is 1. The highest BCUT2D eigenvalue weighted by molar-refractivity contribution is 5.74. The second-order valence-electron chi connectivity index (χ2n) is 5.89. The number of halogens is 1. The first-order valence-electron chi connectivity index (χ1n) is 8.65. The third-order valence-corrected chi connectivity index (χ3v) is 4.08. The Hall–Kier alpha value is -2.17. The minimum Gasteiger partial charge on any atom is -0.407 e. The van der Waals surface area contributed by atoms with Gasteiger partial charge in [0.15, 0.2) is 0 Å². The molecule has 0 amide bonds. The minimum atomic E-state index is -0.354.